The Morgan fingerprint density at radius 2 is 1.51 bits per heavy atom. The van der Waals surface area contributed by atoms with Crippen LogP contribution in [0.1, 0.15) is 32.6 Å². The van der Waals surface area contributed by atoms with Gasteiger partial charge >= 0.3 is 5.69 Å². The highest BCUT2D eigenvalue weighted by atomic mass is 16.6. The Hall–Kier alpha value is -4.91. The number of aryl methyl sites for hydroxylation is 1. The molecule has 0 fully saturated rings. The summed E-state index contributed by atoms with van der Waals surface area (Å²) in [6, 6.07) is 27.4. The molecule has 0 saturated carbocycles. The third-order valence-corrected chi connectivity index (χ3v) is 5.58. The Morgan fingerprint density at radius 3 is 2.14 bits per heavy atom. The number of ether oxygens (including phenoxy) is 2. The molecule has 0 aliphatic heterocycles. The minimum atomic E-state index is -0.716. The lowest BCUT2D eigenvalue weighted by Gasteiger charge is -2.13. The van der Waals surface area contributed by atoms with Crippen molar-refractivity contribution in [2.24, 2.45) is 0 Å². The monoisotopic (exact) mass is 495 g/mol. The van der Waals surface area contributed by atoms with Crippen molar-refractivity contribution in [2.45, 2.75) is 20.1 Å². The zero-order valence-electron chi connectivity index (χ0n) is 20.2. The largest absolute Gasteiger partial charge is 0.502 e. The first-order chi connectivity index (χ1) is 17.9. The summed E-state index contributed by atoms with van der Waals surface area (Å²) in [7, 11) is 0. The molecule has 0 unspecified atom stereocenters. The number of ketones is 1. The Balaban J connectivity index is 1.59. The summed E-state index contributed by atoms with van der Waals surface area (Å²) in [5, 5.41) is 21.5. The number of carbonyl (C=O) groups is 1. The summed E-state index contributed by atoms with van der Waals surface area (Å²) >= 11 is 0. The second-order valence-electron chi connectivity index (χ2n) is 8.38. The molecule has 186 valence electrons. The van der Waals surface area contributed by atoms with Crippen molar-refractivity contribution in [3.63, 3.8) is 0 Å². The summed E-state index contributed by atoms with van der Waals surface area (Å²) in [6.45, 7) is 2.32. The van der Waals surface area contributed by atoms with Gasteiger partial charge in [-0.3, -0.25) is 14.9 Å². The van der Waals surface area contributed by atoms with Gasteiger partial charge in [0.1, 0.15) is 24.7 Å². The van der Waals surface area contributed by atoms with Crippen LogP contribution in [0.15, 0.2) is 97.1 Å². The molecular weight excluding hydrogens is 470 g/mol. The van der Waals surface area contributed by atoms with E-state index in [-0.39, 0.29) is 5.56 Å². The van der Waals surface area contributed by atoms with E-state index in [1.807, 2.05) is 60.7 Å². The van der Waals surface area contributed by atoms with Crippen LogP contribution in [0.25, 0.3) is 6.08 Å². The minimum absolute atomic E-state index is 0.141. The molecule has 0 atom stereocenters. The predicted molar refractivity (Wildman–Crippen MR) is 141 cm³/mol. The summed E-state index contributed by atoms with van der Waals surface area (Å²) in [5.74, 6) is -0.126. The normalized spacial score (nSPS) is 10.8. The molecule has 0 radical (unpaired) electrons. The Labute approximate surface area is 214 Å². The van der Waals surface area contributed by atoms with E-state index in [1.54, 1.807) is 31.2 Å². The van der Waals surface area contributed by atoms with E-state index in [4.69, 9.17) is 9.47 Å². The number of phenols is 1. The van der Waals surface area contributed by atoms with Crippen molar-refractivity contribution in [1.82, 2.24) is 0 Å². The fraction of sp³-hybridized carbons (Fsp3) is 0.100. The topological polar surface area (TPSA) is 98.9 Å². The minimum Gasteiger partial charge on any atom is -0.502 e. The van der Waals surface area contributed by atoms with Crippen LogP contribution in [0.3, 0.4) is 0 Å². The van der Waals surface area contributed by atoms with Gasteiger partial charge in [-0.05, 0) is 54.0 Å². The predicted octanol–water partition coefficient (Wildman–Crippen LogP) is 6.66. The van der Waals surface area contributed by atoms with Crippen LogP contribution in [0.5, 0.6) is 17.2 Å². The number of allylic oxidation sites excluding steroid dienone is 1. The summed E-state index contributed by atoms with van der Waals surface area (Å²) in [5.41, 5.74) is 2.45. The average Bonchev–Trinajstić information content (AvgIpc) is 2.92. The van der Waals surface area contributed by atoms with E-state index >= 15 is 0 Å². The van der Waals surface area contributed by atoms with Crippen molar-refractivity contribution >= 4 is 17.5 Å². The maximum atomic E-state index is 12.8. The molecule has 0 heterocycles. The first-order valence-electron chi connectivity index (χ1n) is 11.6. The molecule has 7 nitrogen and oxygen atoms in total. The lowest BCUT2D eigenvalue weighted by molar-refractivity contribution is -0.385. The average molecular weight is 496 g/mol. The van der Waals surface area contributed by atoms with E-state index in [1.165, 1.54) is 18.2 Å². The van der Waals surface area contributed by atoms with Gasteiger partial charge in [0.05, 0.1) is 10.5 Å². The standard InChI is InChI=1S/C30H25NO6/c1-21-16-26(30(33)27(17-21)31(34)35)28(32)15-13-24-12-14-25(36-19-22-8-4-2-5-9-22)18-29(24)37-20-23-10-6-3-7-11-23/h2-18,33H,19-20H2,1H3. The number of hydrogen-bond acceptors (Lipinski definition) is 6. The molecule has 7 heteroatoms. The van der Waals surface area contributed by atoms with Gasteiger partial charge < -0.3 is 14.6 Å². The van der Waals surface area contributed by atoms with Gasteiger partial charge in [0, 0.05) is 17.7 Å². The van der Waals surface area contributed by atoms with Gasteiger partial charge in [-0.15, -0.1) is 0 Å². The number of hydrogen-bond donors (Lipinski definition) is 1. The quantitative estimate of drug-likeness (QED) is 0.114. The number of benzene rings is 4. The molecule has 4 aromatic rings. The van der Waals surface area contributed by atoms with Gasteiger partial charge in [-0.2, -0.15) is 0 Å². The third-order valence-electron chi connectivity index (χ3n) is 5.58. The van der Waals surface area contributed by atoms with Crippen molar-refractivity contribution in [3.05, 3.63) is 135 Å². The number of nitro benzene ring substituents is 1. The van der Waals surface area contributed by atoms with E-state index in [9.17, 15) is 20.0 Å². The van der Waals surface area contributed by atoms with E-state index in [2.05, 4.69) is 0 Å². The second kappa shape index (κ2) is 11.7. The highest BCUT2D eigenvalue weighted by Gasteiger charge is 2.21. The summed E-state index contributed by atoms with van der Waals surface area (Å²) in [6.07, 6.45) is 2.81. The van der Waals surface area contributed by atoms with E-state index < -0.39 is 22.1 Å². The molecule has 0 amide bonds. The van der Waals surface area contributed by atoms with E-state index in [0.717, 1.165) is 11.1 Å². The van der Waals surface area contributed by atoms with Crippen molar-refractivity contribution in [2.75, 3.05) is 0 Å². The molecule has 37 heavy (non-hydrogen) atoms. The van der Waals surface area contributed by atoms with Crippen LogP contribution in [0.4, 0.5) is 5.69 Å². The number of nitrogens with zero attached hydrogens (tertiary/aromatic N) is 1. The van der Waals surface area contributed by atoms with Crippen molar-refractivity contribution in [3.8, 4) is 17.2 Å². The van der Waals surface area contributed by atoms with Gasteiger partial charge in [0.2, 0.25) is 5.75 Å². The summed E-state index contributed by atoms with van der Waals surface area (Å²) < 4.78 is 12.0. The zero-order chi connectivity index (χ0) is 26.2. The number of carbonyl (C=O) groups excluding carboxylic acids is 1. The fourth-order valence-electron chi connectivity index (χ4n) is 3.69. The van der Waals surface area contributed by atoms with Crippen molar-refractivity contribution in [1.29, 1.82) is 0 Å². The lowest BCUT2D eigenvalue weighted by atomic mass is 10.0. The molecule has 0 spiro atoms. The van der Waals surface area contributed by atoms with Crippen LogP contribution in [0, 0.1) is 17.0 Å². The Kier molecular flexibility index (Phi) is 7.95. The SMILES string of the molecule is Cc1cc(C(=O)C=Cc2ccc(OCc3ccccc3)cc2OCc2ccccc2)c(O)c([N+](=O)[O-])c1. The second-order valence-corrected chi connectivity index (χ2v) is 8.38. The molecule has 0 aliphatic carbocycles. The van der Waals surface area contributed by atoms with Gasteiger partial charge in [-0.25, -0.2) is 0 Å². The van der Waals surface area contributed by atoms with Crippen LogP contribution < -0.4 is 9.47 Å². The highest BCUT2D eigenvalue weighted by molar-refractivity contribution is 6.09. The number of phenolic OH excluding ortho intramolecular Hbond substituents is 1. The first-order valence-corrected chi connectivity index (χ1v) is 11.6. The zero-order valence-corrected chi connectivity index (χ0v) is 20.2. The summed E-state index contributed by atoms with van der Waals surface area (Å²) in [4.78, 5) is 23.4. The lowest BCUT2D eigenvalue weighted by Crippen LogP contribution is -2.01. The first kappa shape index (κ1) is 25.2. The fourth-order valence-corrected chi connectivity index (χ4v) is 3.69. The van der Waals surface area contributed by atoms with Crippen molar-refractivity contribution < 1.29 is 24.3 Å². The number of nitro groups is 1. The molecule has 0 aliphatic rings. The van der Waals surface area contributed by atoms with Crippen LogP contribution in [0.2, 0.25) is 0 Å². The van der Waals surface area contributed by atoms with Crippen LogP contribution in [-0.4, -0.2) is 15.8 Å². The van der Waals surface area contributed by atoms with E-state index in [0.29, 0.717) is 35.8 Å². The molecule has 0 bridgehead atoms. The van der Waals surface area contributed by atoms with Gasteiger partial charge in [0.25, 0.3) is 0 Å². The molecule has 0 saturated heterocycles. The maximum absolute atomic E-state index is 12.8. The van der Waals surface area contributed by atoms with Gasteiger partial charge in [0.15, 0.2) is 5.78 Å². The Morgan fingerprint density at radius 1 is 0.892 bits per heavy atom. The highest BCUT2D eigenvalue weighted by Crippen LogP contribution is 2.32. The maximum Gasteiger partial charge on any atom is 0.311 e. The van der Waals surface area contributed by atoms with Crippen LogP contribution in [-0.2, 0) is 13.2 Å². The molecule has 1 N–H and O–H groups in total. The molecule has 0 aromatic heterocycles. The van der Waals surface area contributed by atoms with Crippen LogP contribution >= 0.6 is 0 Å². The molecule has 4 aromatic carbocycles. The third kappa shape index (κ3) is 6.61. The smallest absolute Gasteiger partial charge is 0.311 e. The Bertz CT molecular complexity index is 1430. The number of rotatable bonds is 10. The molecular formula is C30H25NO6. The van der Waals surface area contributed by atoms with Gasteiger partial charge in [-0.1, -0.05) is 60.7 Å². The molecule has 4 rings (SSSR count). The number of aromatic hydroxyl groups is 1.